The van der Waals surface area contributed by atoms with Crippen molar-refractivity contribution < 1.29 is 9.18 Å². The molecule has 1 aromatic heterocycles. The predicted octanol–water partition coefficient (Wildman–Crippen LogP) is 4.60. The van der Waals surface area contributed by atoms with Crippen LogP contribution >= 0.6 is 35.3 Å². The Labute approximate surface area is 164 Å². The first-order valence-electron chi connectivity index (χ1n) is 7.87. The quantitative estimate of drug-likeness (QED) is 0.481. The van der Waals surface area contributed by atoms with Gasteiger partial charge in [-0.25, -0.2) is 9.07 Å². The van der Waals surface area contributed by atoms with Gasteiger partial charge in [0, 0.05) is 6.54 Å². The highest BCUT2D eigenvalue weighted by molar-refractivity contribution is 8.02. The van der Waals surface area contributed by atoms with Gasteiger partial charge in [-0.3, -0.25) is 4.79 Å². The fourth-order valence-electron chi connectivity index (χ4n) is 2.18. The number of benzene rings is 2. The Bertz CT molecular complexity index is 938. The van der Waals surface area contributed by atoms with Crippen LogP contribution in [0.15, 0.2) is 58.9 Å². The number of nitrogens with one attached hydrogen (secondary N) is 1. The summed E-state index contributed by atoms with van der Waals surface area (Å²) in [4.78, 5) is 12.3. The van der Waals surface area contributed by atoms with Gasteiger partial charge < -0.3 is 5.32 Å². The molecule has 0 aliphatic rings. The zero-order valence-electron chi connectivity index (χ0n) is 13.9. The van der Waals surface area contributed by atoms with Gasteiger partial charge in [0.15, 0.2) is 8.29 Å². The summed E-state index contributed by atoms with van der Waals surface area (Å²) in [7, 11) is 0. The molecule has 2 aromatic carbocycles. The molecule has 0 aliphatic carbocycles. The third-order valence-corrected chi connectivity index (χ3v) is 5.97. The van der Waals surface area contributed by atoms with Crippen LogP contribution < -0.4 is 5.32 Å². The van der Waals surface area contributed by atoms with Gasteiger partial charge in [-0.05, 0) is 49.0 Å². The molecular formula is C18H16FN3OS3. The lowest BCUT2D eigenvalue weighted by Gasteiger charge is -2.10. The Hall–Kier alpha value is -2.03. The molecule has 1 heterocycles. The van der Waals surface area contributed by atoms with Crippen LogP contribution in [0.1, 0.15) is 12.5 Å². The Morgan fingerprint density at radius 1 is 1.27 bits per heavy atom. The first-order valence-corrected chi connectivity index (χ1v) is 9.98. The summed E-state index contributed by atoms with van der Waals surface area (Å²) < 4.78 is 16.0. The van der Waals surface area contributed by atoms with Crippen molar-refractivity contribution in [3.63, 3.8) is 0 Å². The number of halogens is 1. The van der Waals surface area contributed by atoms with E-state index < -0.39 is 0 Å². The summed E-state index contributed by atoms with van der Waals surface area (Å²) in [5.74, 6) is -0.397. The third kappa shape index (κ3) is 4.78. The molecule has 1 atom stereocenters. The van der Waals surface area contributed by atoms with Gasteiger partial charge in [0.2, 0.25) is 5.91 Å². The maximum Gasteiger partial charge on any atom is 0.233 e. The smallest absolute Gasteiger partial charge is 0.233 e. The number of aromatic nitrogens is 2. The molecule has 134 valence electrons. The summed E-state index contributed by atoms with van der Waals surface area (Å²) in [5, 5.41) is 7.04. The van der Waals surface area contributed by atoms with Crippen LogP contribution in [0.3, 0.4) is 0 Å². The number of thioether (sulfide) groups is 1. The van der Waals surface area contributed by atoms with Gasteiger partial charge in [-0.1, -0.05) is 53.4 Å². The Balaban J connectivity index is 1.60. The topological polar surface area (TPSA) is 46.9 Å². The second kappa shape index (κ2) is 8.57. The van der Waals surface area contributed by atoms with Gasteiger partial charge in [-0.15, -0.1) is 5.10 Å². The molecule has 0 saturated heterocycles. The Morgan fingerprint density at radius 2 is 1.96 bits per heavy atom. The number of carbonyl (C=O) groups is 1. The molecule has 0 spiro atoms. The molecule has 0 fully saturated rings. The lowest BCUT2D eigenvalue weighted by atomic mass is 10.2. The minimum absolute atomic E-state index is 0.105. The van der Waals surface area contributed by atoms with Gasteiger partial charge in [0.05, 0.1) is 10.9 Å². The van der Waals surface area contributed by atoms with E-state index in [0.29, 0.717) is 10.5 Å². The Kier molecular flexibility index (Phi) is 6.18. The fraction of sp³-hybridized carbons (Fsp3) is 0.167. The molecule has 1 N–H and O–H groups in total. The van der Waals surface area contributed by atoms with E-state index in [1.807, 2.05) is 37.3 Å². The van der Waals surface area contributed by atoms with E-state index in [0.717, 1.165) is 15.6 Å². The molecule has 0 bridgehead atoms. The zero-order valence-corrected chi connectivity index (χ0v) is 16.3. The maximum atomic E-state index is 12.9. The highest BCUT2D eigenvalue weighted by Crippen LogP contribution is 2.27. The van der Waals surface area contributed by atoms with Crippen LogP contribution in [-0.4, -0.2) is 20.9 Å². The van der Waals surface area contributed by atoms with E-state index >= 15 is 0 Å². The van der Waals surface area contributed by atoms with E-state index in [1.54, 1.807) is 16.8 Å². The SMILES string of the molecule is C[C@@H](Sc1nn(-c2ccccc2)c(=S)s1)C(=O)NCc1ccc(F)cc1. The summed E-state index contributed by atoms with van der Waals surface area (Å²) in [6, 6.07) is 15.7. The van der Waals surface area contributed by atoms with E-state index in [2.05, 4.69) is 10.4 Å². The van der Waals surface area contributed by atoms with Crippen molar-refractivity contribution in [3.05, 3.63) is 69.9 Å². The zero-order chi connectivity index (χ0) is 18.5. The molecule has 1 amide bonds. The first kappa shape index (κ1) is 18.8. The standard InChI is InChI=1S/C18H16FN3OS3/c1-12(16(23)20-11-13-7-9-14(19)10-8-13)25-17-21-22(18(24)26-17)15-5-3-2-4-6-15/h2-10,12H,11H2,1H3,(H,20,23)/t12-/m1/s1. The number of nitrogens with zero attached hydrogens (tertiary/aromatic N) is 2. The molecule has 0 saturated carbocycles. The van der Waals surface area contributed by atoms with Gasteiger partial charge in [0.1, 0.15) is 5.82 Å². The van der Waals surface area contributed by atoms with Crippen molar-refractivity contribution in [2.45, 2.75) is 23.1 Å². The van der Waals surface area contributed by atoms with Crippen LogP contribution in [-0.2, 0) is 11.3 Å². The van der Waals surface area contributed by atoms with Crippen molar-refractivity contribution in [1.29, 1.82) is 0 Å². The minimum Gasteiger partial charge on any atom is -0.351 e. The molecule has 3 rings (SSSR count). The largest absolute Gasteiger partial charge is 0.351 e. The summed E-state index contributed by atoms with van der Waals surface area (Å²) >= 11 is 8.12. The van der Waals surface area contributed by atoms with Crippen LogP contribution in [0.5, 0.6) is 0 Å². The molecule has 0 unspecified atom stereocenters. The number of hydrogen-bond acceptors (Lipinski definition) is 5. The molecular weight excluding hydrogens is 389 g/mol. The van der Waals surface area contributed by atoms with Gasteiger partial charge >= 0.3 is 0 Å². The van der Waals surface area contributed by atoms with Gasteiger partial charge in [-0.2, -0.15) is 0 Å². The highest BCUT2D eigenvalue weighted by Gasteiger charge is 2.17. The fourth-order valence-corrected chi connectivity index (χ4v) is 4.71. The normalized spacial score (nSPS) is 11.9. The summed E-state index contributed by atoms with van der Waals surface area (Å²) in [6.45, 7) is 2.18. The number of amides is 1. The van der Waals surface area contributed by atoms with Crippen molar-refractivity contribution >= 4 is 41.2 Å². The number of rotatable bonds is 6. The van der Waals surface area contributed by atoms with E-state index in [-0.39, 0.29) is 17.0 Å². The maximum absolute atomic E-state index is 12.9. The van der Waals surface area contributed by atoms with Crippen LogP contribution in [0.4, 0.5) is 4.39 Å². The molecule has 8 heteroatoms. The second-order valence-corrected chi connectivity index (χ2v) is 8.70. The van der Waals surface area contributed by atoms with Crippen molar-refractivity contribution in [2.75, 3.05) is 0 Å². The molecule has 4 nitrogen and oxygen atoms in total. The van der Waals surface area contributed by atoms with Crippen molar-refractivity contribution in [1.82, 2.24) is 15.1 Å². The average Bonchev–Trinajstić information content (AvgIpc) is 3.01. The minimum atomic E-state index is -0.319. The average molecular weight is 406 g/mol. The number of carbonyl (C=O) groups excluding carboxylic acids is 1. The van der Waals surface area contributed by atoms with Crippen molar-refractivity contribution in [2.24, 2.45) is 0 Å². The number of para-hydroxylation sites is 1. The molecule has 0 aliphatic heterocycles. The Morgan fingerprint density at radius 3 is 2.65 bits per heavy atom. The summed E-state index contributed by atoms with van der Waals surface area (Å²) in [5.41, 5.74) is 1.75. The summed E-state index contributed by atoms with van der Waals surface area (Å²) in [6.07, 6.45) is 0. The van der Waals surface area contributed by atoms with E-state index in [1.165, 1.54) is 35.2 Å². The monoisotopic (exact) mass is 405 g/mol. The molecule has 26 heavy (non-hydrogen) atoms. The highest BCUT2D eigenvalue weighted by atomic mass is 32.2. The van der Waals surface area contributed by atoms with Crippen LogP contribution in [0, 0.1) is 9.77 Å². The molecule has 3 aromatic rings. The van der Waals surface area contributed by atoms with Gasteiger partial charge in [0.25, 0.3) is 0 Å². The third-order valence-electron chi connectivity index (χ3n) is 3.56. The van der Waals surface area contributed by atoms with Crippen molar-refractivity contribution in [3.8, 4) is 5.69 Å². The number of hydrogen-bond donors (Lipinski definition) is 1. The molecule has 0 radical (unpaired) electrons. The first-order chi connectivity index (χ1) is 12.5. The van der Waals surface area contributed by atoms with E-state index in [9.17, 15) is 9.18 Å². The predicted molar refractivity (Wildman–Crippen MR) is 106 cm³/mol. The second-order valence-electron chi connectivity index (χ2n) is 5.49. The van der Waals surface area contributed by atoms with E-state index in [4.69, 9.17) is 12.2 Å². The van der Waals surface area contributed by atoms with Crippen LogP contribution in [0.2, 0.25) is 0 Å². The van der Waals surface area contributed by atoms with Crippen LogP contribution in [0.25, 0.3) is 5.69 Å². The lowest BCUT2D eigenvalue weighted by Crippen LogP contribution is -2.30. The lowest BCUT2D eigenvalue weighted by molar-refractivity contribution is -0.120.